The summed E-state index contributed by atoms with van der Waals surface area (Å²) >= 11 is 0. The molecular formula is C17H25NO2. The summed E-state index contributed by atoms with van der Waals surface area (Å²) in [5.41, 5.74) is 1.18. The van der Waals surface area contributed by atoms with Crippen LogP contribution >= 0.6 is 0 Å². The minimum absolute atomic E-state index is 0.140. The lowest BCUT2D eigenvalue weighted by Gasteiger charge is -2.41. The van der Waals surface area contributed by atoms with Crippen LogP contribution in [0.5, 0.6) is 5.75 Å². The molecule has 0 unspecified atom stereocenters. The number of benzene rings is 1. The number of hydrogen-bond donors (Lipinski definition) is 2. The highest BCUT2D eigenvalue weighted by molar-refractivity contribution is 5.33. The van der Waals surface area contributed by atoms with Crippen molar-refractivity contribution in [1.82, 2.24) is 5.32 Å². The molecule has 2 fully saturated rings. The van der Waals surface area contributed by atoms with Gasteiger partial charge in [0.2, 0.25) is 0 Å². The second kappa shape index (κ2) is 4.74. The van der Waals surface area contributed by atoms with Gasteiger partial charge in [0.15, 0.2) is 0 Å². The maximum atomic E-state index is 10.5. The highest BCUT2D eigenvalue weighted by atomic mass is 16.5. The first-order valence-corrected chi connectivity index (χ1v) is 7.56. The van der Waals surface area contributed by atoms with Gasteiger partial charge in [-0.05, 0) is 36.7 Å². The minimum Gasteiger partial charge on any atom is -0.496 e. The van der Waals surface area contributed by atoms with Gasteiger partial charge in [-0.15, -0.1) is 0 Å². The van der Waals surface area contributed by atoms with Crippen molar-refractivity contribution in [3.05, 3.63) is 29.8 Å². The zero-order chi connectivity index (χ0) is 14.4. The van der Waals surface area contributed by atoms with Gasteiger partial charge in [-0.1, -0.05) is 32.0 Å². The van der Waals surface area contributed by atoms with Crippen molar-refractivity contribution < 1.29 is 9.84 Å². The van der Waals surface area contributed by atoms with Gasteiger partial charge in [-0.2, -0.15) is 0 Å². The number of para-hydroxylation sites is 1. The van der Waals surface area contributed by atoms with Crippen molar-refractivity contribution in [3.63, 3.8) is 0 Å². The number of aliphatic hydroxyl groups is 1. The standard InChI is InChI=1S/C17H25NO2/c1-16(2)13-8-9-17(16,15(19)10-13)18-11-12-6-4-5-7-14(12)20-3/h4-7,13,15,18-19H,8-11H2,1-3H3/t13-,15-,17-/m1/s1. The van der Waals surface area contributed by atoms with Crippen LogP contribution in [0.15, 0.2) is 24.3 Å². The van der Waals surface area contributed by atoms with Gasteiger partial charge in [0, 0.05) is 17.6 Å². The number of ether oxygens (including phenoxy) is 1. The Kier molecular flexibility index (Phi) is 3.30. The fourth-order valence-corrected chi connectivity index (χ4v) is 4.46. The van der Waals surface area contributed by atoms with E-state index in [4.69, 9.17) is 4.74 Å². The van der Waals surface area contributed by atoms with Crippen LogP contribution in [0.25, 0.3) is 0 Å². The van der Waals surface area contributed by atoms with Crippen molar-refractivity contribution in [3.8, 4) is 5.75 Å². The second-order valence-electron chi connectivity index (χ2n) is 6.85. The maximum absolute atomic E-state index is 10.5. The summed E-state index contributed by atoms with van der Waals surface area (Å²) in [6.45, 7) is 5.35. The first-order valence-electron chi connectivity index (χ1n) is 7.56. The van der Waals surface area contributed by atoms with E-state index >= 15 is 0 Å². The molecule has 2 N–H and O–H groups in total. The van der Waals surface area contributed by atoms with E-state index in [1.54, 1.807) is 7.11 Å². The SMILES string of the molecule is COc1ccccc1CN[C@]12CC[C@H](C[C@H]1O)C2(C)C. The Morgan fingerprint density at radius 2 is 2.10 bits per heavy atom. The number of aliphatic hydroxyl groups excluding tert-OH is 1. The van der Waals surface area contributed by atoms with Crippen molar-refractivity contribution >= 4 is 0 Å². The van der Waals surface area contributed by atoms with E-state index in [2.05, 4.69) is 25.2 Å². The Bertz CT molecular complexity index is 500. The van der Waals surface area contributed by atoms with Gasteiger partial charge >= 0.3 is 0 Å². The molecule has 1 aromatic rings. The van der Waals surface area contributed by atoms with Crippen molar-refractivity contribution in [1.29, 1.82) is 0 Å². The number of nitrogens with one attached hydrogen (secondary N) is 1. The lowest BCUT2D eigenvalue weighted by molar-refractivity contribution is 0.0365. The Labute approximate surface area is 121 Å². The molecule has 110 valence electrons. The molecule has 2 saturated carbocycles. The first-order chi connectivity index (χ1) is 9.51. The fraction of sp³-hybridized carbons (Fsp3) is 0.647. The monoisotopic (exact) mass is 275 g/mol. The van der Waals surface area contributed by atoms with Gasteiger partial charge in [-0.25, -0.2) is 0 Å². The largest absolute Gasteiger partial charge is 0.496 e. The number of hydrogen-bond acceptors (Lipinski definition) is 3. The zero-order valence-corrected chi connectivity index (χ0v) is 12.6. The number of fused-ring (bicyclic) bond motifs is 2. The number of methoxy groups -OCH3 is 1. The van der Waals surface area contributed by atoms with Gasteiger partial charge in [0.25, 0.3) is 0 Å². The van der Waals surface area contributed by atoms with E-state index in [1.165, 1.54) is 6.42 Å². The summed E-state index contributed by atoms with van der Waals surface area (Å²) in [7, 11) is 1.71. The second-order valence-corrected chi connectivity index (χ2v) is 6.85. The third-order valence-electron chi connectivity index (χ3n) is 5.92. The van der Waals surface area contributed by atoms with Crippen molar-refractivity contribution in [2.24, 2.45) is 11.3 Å². The normalized spacial score (nSPS) is 34.4. The molecule has 1 aromatic carbocycles. The van der Waals surface area contributed by atoms with E-state index < -0.39 is 0 Å². The van der Waals surface area contributed by atoms with Gasteiger partial charge in [-0.3, -0.25) is 0 Å². The summed E-state index contributed by atoms with van der Waals surface area (Å²) in [5.74, 6) is 1.55. The smallest absolute Gasteiger partial charge is 0.123 e. The first kappa shape index (κ1) is 13.9. The van der Waals surface area contributed by atoms with Gasteiger partial charge in [0.05, 0.1) is 13.2 Å². The summed E-state index contributed by atoms with van der Waals surface area (Å²) in [6, 6.07) is 8.09. The van der Waals surface area contributed by atoms with E-state index in [0.29, 0.717) is 5.92 Å². The molecule has 2 aliphatic rings. The van der Waals surface area contributed by atoms with E-state index in [1.807, 2.05) is 18.2 Å². The third kappa shape index (κ3) is 1.80. The molecule has 0 saturated heterocycles. The molecule has 20 heavy (non-hydrogen) atoms. The van der Waals surface area contributed by atoms with Gasteiger partial charge in [0.1, 0.15) is 5.75 Å². The average Bonchev–Trinajstić information content (AvgIpc) is 2.79. The van der Waals surface area contributed by atoms with Crippen LogP contribution in [0, 0.1) is 11.3 Å². The van der Waals surface area contributed by atoms with Crippen LogP contribution in [0.1, 0.15) is 38.7 Å². The average molecular weight is 275 g/mol. The molecule has 2 bridgehead atoms. The van der Waals surface area contributed by atoms with Gasteiger partial charge < -0.3 is 15.2 Å². The molecule has 0 aliphatic heterocycles. The Morgan fingerprint density at radius 3 is 2.70 bits per heavy atom. The quantitative estimate of drug-likeness (QED) is 0.888. The third-order valence-corrected chi connectivity index (χ3v) is 5.92. The molecule has 3 atom stereocenters. The van der Waals surface area contributed by atoms with Crippen LogP contribution in [0.4, 0.5) is 0 Å². The zero-order valence-electron chi connectivity index (χ0n) is 12.6. The van der Waals surface area contributed by atoms with Crippen molar-refractivity contribution in [2.75, 3.05) is 7.11 Å². The molecule has 0 aromatic heterocycles. The molecule has 2 aliphatic carbocycles. The summed E-state index contributed by atoms with van der Waals surface area (Å²) in [6.07, 6.45) is 3.00. The lowest BCUT2D eigenvalue weighted by Crippen LogP contribution is -2.57. The predicted octanol–water partition coefficient (Wildman–Crippen LogP) is 2.72. The molecule has 0 amide bonds. The predicted molar refractivity (Wildman–Crippen MR) is 79.7 cm³/mol. The molecule has 0 spiro atoms. The molecule has 3 heteroatoms. The highest BCUT2D eigenvalue weighted by Gasteiger charge is 2.63. The maximum Gasteiger partial charge on any atom is 0.123 e. The molecular weight excluding hydrogens is 250 g/mol. The summed E-state index contributed by atoms with van der Waals surface area (Å²) in [5, 5.41) is 14.2. The van der Waals surface area contributed by atoms with Crippen LogP contribution < -0.4 is 10.1 Å². The molecule has 3 nitrogen and oxygen atoms in total. The van der Waals surface area contributed by atoms with Crippen LogP contribution in [-0.2, 0) is 6.54 Å². The Morgan fingerprint density at radius 1 is 1.35 bits per heavy atom. The van der Waals surface area contributed by atoms with Crippen molar-refractivity contribution in [2.45, 2.75) is 51.3 Å². The van der Waals surface area contributed by atoms with E-state index in [0.717, 1.165) is 30.7 Å². The highest BCUT2D eigenvalue weighted by Crippen LogP contribution is 2.60. The fourth-order valence-electron chi connectivity index (χ4n) is 4.46. The molecule has 3 rings (SSSR count). The summed E-state index contributed by atoms with van der Waals surface area (Å²) in [4.78, 5) is 0. The lowest BCUT2D eigenvalue weighted by atomic mass is 9.75. The summed E-state index contributed by atoms with van der Waals surface area (Å²) < 4.78 is 5.41. The minimum atomic E-state index is -0.231. The Hall–Kier alpha value is -1.06. The topological polar surface area (TPSA) is 41.5 Å². The molecule has 0 heterocycles. The Balaban J connectivity index is 1.81. The van der Waals surface area contributed by atoms with Crippen LogP contribution in [0.3, 0.4) is 0 Å². The van der Waals surface area contributed by atoms with E-state index in [9.17, 15) is 5.11 Å². The van der Waals surface area contributed by atoms with Crippen LogP contribution in [0.2, 0.25) is 0 Å². The number of rotatable bonds is 4. The van der Waals surface area contributed by atoms with Crippen LogP contribution in [-0.4, -0.2) is 23.9 Å². The molecule has 0 radical (unpaired) electrons. The van der Waals surface area contributed by atoms with E-state index in [-0.39, 0.29) is 17.1 Å².